The van der Waals surface area contributed by atoms with Gasteiger partial charge in [-0.25, -0.2) is 4.79 Å². The fraction of sp³-hybridized carbons (Fsp3) is 0.529. The Morgan fingerprint density at radius 3 is 2.52 bits per heavy atom. The molecule has 0 saturated heterocycles. The molecular formula is C17H26N2O6. The lowest BCUT2D eigenvalue weighted by atomic mass is 10.2. The average molecular weight is 354 g/mol. The topological polar surface area (TPSA) is 95.1 Å². The third-order valence-electron chi connectivity index (χ3n) is 3.05. The van der Waals surface area contributed by atoms with Gasteiger partial charge in [-0.3, -0.25) is 10.1 Å². The summed E-state index contributed by atoms with van der Waals surface area (Å²) in [4.78, 5) is 23.3. The van der Waals surface area contributed by atoms with Crippen LogP contribution in [0.5, 0.6) is 0 Å². The molecule has 0 aliphatic carbocycles. The Bertz CT molecular complexity index is 532. The first-order chi connectivity index (χ1) is 12.1. The lowest BCUT2D eigenvalue weighted by molar-refractivity contribution is -0.166. The summed E-state index contributed by atoms with van der Waals surface area (Å²) in [5, 5.41) is 5.25. The molecule has 8 nitrogen and oxygen atoms in total. The predicted octanol–water partition coefficient (Wildman–Crippen LogP) is 2.01. The molecule has 8 heteroatoms. The summed E-state index contributed by atoms with van der Waals surface area (Å²) in [6, 6.07) is 6.55. The normalized spacial score (nSPS) is 10.6. The Hall–Kier alpha value is -2.16. The zero-order valence-corrected chi connectivity index (χ0v) is 14.9. The predicted molar refractivity (Wildman–Crippen MR) is 92.7 cm³/mol. The van der Waals surface area contributed by atoms with Gasteiger partial charge in [0.2, 0.25) is 0 Å². The minimum atomic E-state index is -0.593. The maximum Gasteiger partial charge on any atom is 0.411 e. The van der Waals surface area contributed by atoms with Crippen LogP contribution in [0.1, 0.15) is 24.2 Å². The largest absolute Gasteiger partial charge is 0.453 e. The van der Waals surface area contributed by atoms with Gasteiger partial charge >= 0.3 is 6.09 Å². The zero-order valence-electron chi connectivity index (χ0n) is 14.9. The van der Waals surface area contributed by atoms with Crippen molar-refractivity contribution in [2.75, 3.05) is 45.4 Å². The highest BCUT2D eigenvalue weighted by Gasteiger charge is 2.09. The van der Waals surface area contributed by atoms with Crippen LogP contribution < -0.4 is 10.6 Å². The van der Waals surface area contributed by atoms with Gasteiger partial charge in [-0.05, 0) is 32.0 Å². The van der Waals surface area contributed by atoms with Gasteiger partial charge in [0.25, 0.3) is 5.91 Å². The number of amides is 2. The van der Waals surface area contributed by atoms with Crippen LogP contribution in [0, 0.1) is 0 Å². The molecule has 0 atom stereocenters. The van der Waals surface area contributed by atoms with Crippen molar-refractivity contribution in [3.05, 3.63) is 29.8 Å². The lowest BCUT2D eigenvalue weighted by Gasteiger charge is -2.16. The monoisotopic (exact) mass is 354 g/mol. The molecule has 1 aromatic rings. The van der Waals surface area contributed by atoms with Gasteiger partial charge in [0.05, 0.1) is 20.3 Å². The van der Waals surface area contributed by atoms with Crippen molar-refractivity contribution in [1.29, 1.82) is 0 Å². The SMILES string of the molecule is CCOC(COCCNC(=O)c1cccc(NC(=O)OC)c1)OCC. The molecule has 0 spiro atoms. The van der Waals surface area contributed by atoms with E-state index < -0.39 is 12.4 Å². The van der Waals surface area contributed by atoms with Crippen LogP contribution >= 0.6 is 0 Å². The van der Waals surface area contributed by atoms with Gasteiger partial charge in [-0.1, -0.05) is 6.07 Å². The molecule has 0 aliphatic heterocycles. The van der Waals surface area contributed by atoms with Crippen LogP contribution in [-0.2, 0) is 18.9 Å². The van der Waals surface area contributed by atoms with E-state index in [4.69, 9.17) is 14.2 Å². The molecule has 0 bridgehead atoms. The molecule has 25 heavy (non-hydrogen) atoms. The fourth-order valence-electron chi connectivity index (χ4n) is 1.94. The number of anilines is 1. The maximum absolute atomic E-state index is 12.1. The number of hydrogen-bond acceptors (Lipinski definition) is 6. The number of nitrogens with one attached hydrogen (secondary N) is 2. The average Bonchev–Trinajstić information content (AvgIpc) is 2.61. The van der Waals surface area contributed by atoms with E-state index in [0.717, 1.165) is 0 Å². The van der Waals surface area contributed by atoms with E-state index in [1.807, 2.05) is 13.8 Å². The standard InChI is InChI=1S/C17H26N2O6/c1-4-24-15(25-5-2)12-23-10-9-18-16(20)13-7-6-8-14(11-13)19-17(21)22-3/h6-8,11,15H,4-5,9-10,12H2,1-3H3,(H,18,20)(H,19,21). The third kappa shape index (κ3) is 8.48. The van der Waals surface area contributed by atoms with E-state index in [0.29, 0.717) is 44.2 Å². The number of rotatable bonds is 11. The summed E-state index contributed by atoms with van der Waals surface area (Å²) in [7, 11) is 1.27. The van der Waals surface area contributed by atoms with E-state index in [9.17, 15) is 9.59 Å². The summed E-state index contributed by atoms with van der Waals surface area (Å²) >= 11 is 0. The molecule has 0 aromatic heterocycles. The van der Waals surface area contributed by atoms with Crippen LogP contribution in [-0.4, -0.2) is 58.4 Å². The molecule has 1 aromatic carbocycles. The minimum absolute atomic E-state index is 0.261. The molecule has 0 aliphatic rings. The van der Waals surface area contributed by atoms with E-state index in [-0.39, 0.29) is 5.91 Å². The first kappa shape index (κ1) is 20.9. The van der Waals surface area contributed by atoms with E-state index in [1.54, 1.807) is 24.3 Å². The van der Waals surface area contributed by atoms with Crippen LogP contribution in [0.4, 0.5) is 10.5 Å². The highest BCUT2D eigenvalue weighted by molar-refractivity contribution is 5.96. The molecular weight excluding hydrogens is 328 g/mol. The molecule has 0 fully saturated rings. The molecule has 0 saturated carbocycles. The fourth-order valence-corrected chi connectivity index (χ4v) is 1.94. The van der Waals surface area contributed by atoms with Crippen molar-refractivity contribution in [1.82, 2.24) is 5.32 Å². The first-order valence-electron chi connectivity index (χ1n) is 8.14. The Morgan fingerprint density at radius 1 is 1.16 bits per heavy atom. The Balaban J connectivity index is 2.34. The molecule has 2 N–H and O–H groups in total. The number of benzene rings is 1. The van der Waals surface area contributed by atoms with E-state index in [2.05, 4.69) is 15.4 Å². The highest BCUT2D eigenvalue weighted by Crippen LogP contribution is 2.10. The molecule has 0 heterocycles. The van der Waals surface area contributed by atoms with Crippen molar-refractivity contribution in [2.24, 2.45) is 0 Å². The summed E-state index contributed by atoms with van der Waals surface area (Å²) < 4.78 is 20.7. The summed E-state index contributed by atoms with van der Waals surface area (Å²) in [5.74, 6) is -0.261. The van der Waals surface area contributed by atoms with Gasteiger partial charge in [0, 0.05) is 31.0 Å². The molecule has 1 rings (SSSR count). The quantitative estimate of drug-likeness (QED) is 0.466. The minimum Gasteiger partial charge on any atom is -0.453 e. The van der Waals surface area contributed by atoms with Crippen molar-refractivity contribution >= 4 is 17.7 Å². The Kier molecular flexibility index (Phi) is 10.2. The summed E-state index contributed by atoms with van der Waals surface area (Å²) in [6.07, 6.45) is -0.990. The van der Waals surface area contributed by atoms with Crippen molar-refractivity contribution in [3.63, 3.8) is 0 Å². The highest BCUT2D eigenvalue weighted by atomic mass is 16.7. The summed E-state index contributed by atoms with van der Waals surface area (Å²) in [6.45, 7) is 5.84. The Morgan fingerprint density at radius 2 is 1.88 bits per heavy atom. The van der Waals surface area contributed by atoms with Gasteiger partial charge < -0.3 is 24.3 Å². The third-order valence-corrected chi connectivity index (χ3v) is 3.05. The van der Waals surface area contributed by atoms with Gasteiger partial charge in [-0.15, -0.1) is 0 Å². The van der Waals surface area contributed by atoms with Crippen molar-refractivity contribution in [3.8, 4) is 0 Å². The molecule has 2 amide bonds. The number of ether oxygens (including phenoxy) is 4. The van der Waals surface area contributed by atoms with E-state index >= 15 is 0 Å². The second-order valence-corrected chi connectivity index (χ2v) is 4.87. The summed E-state index contributed by atoms with van der Waals surface area (Å²) in [5.41, 5.74) is 0.905. The smallest absolute Gasteiger partial charge is 0.411 e. The zero-order chi connectivity index (χ0) is 18.5. The molecule has 0 unspecified atom stereocenters. The van der Waals surface area contributed by atoms with Crippen molar-refractivity contribution in [2.45, 2.75) is 20.1 Å². The Labute approximate surface area is 147 Å². The maximum atomic E-state index is 12.1. The number of carbonyl (C=O) groups is 2. The number of hydrogen-bond donors (Lipinski definition) is 2. The second kappa shape index (κ2) is 12.2. The van der Waals surface area contributed by atoms with Crippen LogP contribution in [0.3, 0.4) is 0 Å². The van der Waals surface area contributed by atoms with Crippen LogP contribution in [0.15, 0.2) is 24.3 Å². The molecule has 140 valence electrons. The van der Waals surface area contributed by atoms with Gasteiger partial charge in [0.15, 0.2) is 6.29 Å². The van der Waals surface area contributed by atoms with Crippen LogP contribution in [0.2, 0.25) is 0 Å². The van der Waals surface area contributed by atoms with Crippen LogP contribution in [0.25, 0.3) is 0 Å². The van der Waals surface area contributed by atoms with E-state index in [1.165, 1.54) is 7.11 Å². The van der Waals surface area contributed by atoms with Gasteiger partial charge in [-0.2, -0.15) is 0 Å². The number of methoxy groups -OCH3 is 1. The molecule has 0 radical (unpaired) electrons. The second-order valence-electron chi connectivity index (χ2n) is 4.87. The number of carbonyl (C=O) groups excluding carboxylic acids is 2. The lowest BCUT2D eigenvalue weighted by Crippen LogP contribution is -2.29. The van der Waals surface area contributed by atoms with Crippen molar-refractivity contribution < 1.29 is 28.5 Å². The van der Waals surface area contributed by atoms with Gasteiger partial charge in [0.1, 0.15) is 0 Å². The first-order valence-corrected chi connectivity index (χ1v) is 8.14.